The molecule has 0 aliphatic carbocycles. The van der Waals surface area contributed by atoms with Crippen LogP contribution >= 0.6 is 0 Å². The summed E-state index contributed by atoms with van der Waals surface area (Å²) in [6.07, 6.45) is 1.78. The largest absolute Gasteiger partial charge is 0.396 e. The number of nitrogens with zero attached hydrogens (tertiary/aromatic N) is 2. The summed E-state index contributed by atoms with van der Waals surface area (Å²) < 4.78 is 0. The summed E-state index contributed by atoms with van der Waals surface area (Å²) in [7, 11) is 0. The molecule has 0 bridgehead atoms. The SMILES string of the molecule is C[C@@H](CO)C(=O)N1CCC[C@H]1C(=O)N1CCC[C@H]1C(=O)N[C@H](C=O)[C@@H](C)O. The summed E-state index contributed by atoms with van der Waals surface area (Å²) in [6.45, 7) is 3.60. The van der Waals surface area contributed by atoms with Gasteiger partial charge in [0, 0.05) is 13.1 Å². The highest BCUT2D eigenvalue weighted by Crippen LogP contribution is 2.26. The van der Waals surface area contributed by atoms with Crippen molar-refractivity contribution < 1.29 is 29.4 Å². The van der Waals surface area contributed by atoms with Gasteiger partial charge in [0.05, 0.1) is 18.6 Å². The Morgan fingerprint density at radius 3 is 2.26 bits per heavy atom. The highest BCUT2D eigenvalue weighted by atomic mass is 16.3. The van der Waals surface area contributed by atoms with Gasteiger partial charge in [-0.3, -0.25) is 14.4 Å². The topological polar surface area (TPSA) is 127 Å². The molecule has 2 saturated heterocycles. The Bertz CT molecular complexity index is 581. The molecule has 9 nitrogen and oxygen atoms in total. The molecule has 0 saturated carbocycles. The summed E-state index contributed by atoms with van der Waals surface area (Å²) in [6, 6.07) is -2.37. The maximum absolute atomic E-state index is 13.0. The molecule has 2 fully saturated rings. The van der Waals surface area contributed by atoms with Gasteiger partial charge in [0.2, 0.25) is 17.7 Å². The van der Waals surface area contributed by atoms with Crippen molar-refractivity contribution in [2.75, 3.05) is 19.7 Å². The van der Waals surface area contributed by atoms with Gasteiger partial charge in [0.1, 0.15) is 24.4 Å². The summed E-state index contributed by atoms with van der Waals surface area (Å²) >= 11 is 0. The van der Waals surface area contributed by atoms with Gasteiger partial charge in [-0.25, -0.2) is 0 Å². The fourth-order valence-corrected chi connectivity index (χ4v) is 3.67. The number of aldehydes is 1. The molecule has 0 aromatic heterocycles. The van der Waals surface area contributed by atoms with E-state index in [-0.39, 0.29) is 18.4 Å². The molecule has 2 aliphatic heterocycles. The Morgan fingerprint density at radius 1 is 1.11 bits per heavy atom. The van der Waals surface area contributed by atoms with Gasteiger partial charge in [-0.1, -0.05) is 6.92 Å². The standard InChI is InChI=1S/C18H29N3O6/c1-11(9-22)17(26)21-8-4-6-15(21)18(27)20-7-3-5-14(20)16(25)19-13(10-23)12(2)24/h10-15,22,24H,3-9H2,1-2H3,(H,19,25)/t11-,12+,13+,14-,15-/m0/s1. The molecule has 2 aliphatic rings. The predicted molar refractivity (Wildman–Crippen MR) is 95.4 cm³/mol. The third kappa shape index (κ3) is 4.65. The second kappa shape index (κ2) is 9.27. The van der Waals surface area contributed by atoms with Gasteiger partial charge >= 0.3 is 0 Å². The molecule has 27 heavy (non-hydrogen) atoms. The van der Waals surface area contributed by atoms with Crippen LogP contribution in [0, 0.1) is 5.92 Å². The quantitative estimate of drug-likeness (QED) is 0.467. The highest BCUT2D eigenvalue weighted by Gasteiger charge is 2.43. The second-order valence-electron chi connectivity index (χ2n) is 7.37. The van der Waals surface area contributed by atoms with Crippen molar-refractivity contribution in [3.63, 3.8) is 0 Å². The van der Waals surface area contributed by atoms with E-state index in [0.717, 1.165) is 0 Å². The average Bonchev–Trinajstić information content (AvgIpc) is 3.33. The minimum atomic E-state index is -1.03. The molecule has 3 N–H and O–H groups in total. The van der Waals surface area contributed by atoms with Gasteiger partial charge < -0.3 is 30.1 Å². The van der Waals surface area contributed by atoms with Gasteiger partial charge in [-0.15, -0.1) is 0 Å². The van der Waals surface area contributed by atoms with Gasteiger partial charge in [0.15, 0.2) is 0 Å². The van der Waals surface area contributed by atoms with E-state index in [1.807, 2.05) is 0 Å². The molecule has 9 heteroatoms. The Hall–Kier alpha value is -2.00. The van der Waals surface area contributed by atoms with Crippen molar-refractivity contribution in [1.29, 1.82) is 0 Å². The molecule has 0 spiro atoms. The second-order valence-corrected chi connectivity index (χ2v) is 7.37. The fourth-order valence-electron chi connectivity index (χ4n) is 3.67. The molecule has 0 aromatic rings. The lowest BCUT2D eigenvalue weighted by Crippen LogP contribution is -2.55. The minimum Gasteiger partial charge on any atom is -0.396 e. The molecule has 2 heterocycles. The summed E-state index contributed by atoms with van der Waals surface area (Å²) in [5.41, 5.74) is 0. The molecular weight excluding hydrogens is 354 g/mol. The van der Waals surface area contributed by atoms with Crippen LogP contribution in [0.15, 0.2) is 0 Å². The van der Waals surface area contributed by atoms with Crippen molar-refractivity contribution in [2.24, 2.45) is 5.92 Å². The maximum atomic E-state index is 13.0. The first-order valence-corrected chi connectivity index (χ1v) is 9.47. The normalized spacial score (nSPS) is 25.8. The molecule has 2 rings (SSSR count). The Kier molecular flexibility index (Phi) is 7.32. The number of carbonyl (C=O) groups is 4. The third-order valence-corrected chi connectivity index (χ3v) is 5.33. The van der Waals surface area contributed by atoms with Crippen LogP contribution in [0.3, 0.4) is 0 Å². The number of amides is 3. The first-order chi connectivity index (χ1) is 12.8. The zero-order chi connectivity index (χ0) is 20.1. The van der Waals surface area contributed by atoms with Crippen LogP contribution in [-0.4, -0.2) is 87.9 Å². The van der Waals surface area contributed by atoms with Gasteiger partial charge in [-0.2, -0.15) is 0 Å². The first-order valence-electron chi connectivity index (χ1n) is 9.47. The van der Waals surface area contributed by atoms with E-state index >= 15 is 0 Å². The monoisotopic (exact) mass is 383 g/mol. The van der Waals surface area contributed by atoms with E-state index < -0.39 is 36.1 Å². The smallest absolute Gasteiger partial charge is 0.246 e. The molecule has 152 valence electrons. The lowest BCUT2D eigenvalue weighted by molar-refractivity contribution is -0.148. The first kappa shape index (κ1) is 21.3. The highest BCUT2D eigenvalue weighted by molar-refractivity contribution is 5.93. The van der Waals surface area contributed by atoms with Crippen molar-refractivity contribution in [1.82, 2.24) is 15.1 Å². The van der Waals surface area contributed by atoms with Crippen LogP contribution in [-0.2, 0) is 19.2 Å². The predicted octanol–water partition coefficient (Wildman–Crippen LogP) is -1.34. The van der Waals surface area contributed by atoms with Crippen LogP contribution in [0.1, 0.15) is 39.5 Å². The Labute approximate surface area is 158 Å². The molecule has 0 radical (unpaired) electrons. The fraction of sp³-hybridized carbons (Fsp3) is 0.778. The lowest BCUT2D eigenvalue weighted by Gasteiger charge is -2.32. The zero-order valence-corrected chi connectivity index (χ0v) is 15.8. The molecular formula is C18H29N3O6. The van der Waals surface area contributed by atoms with E-state index in [4.69, 9.17) is 0 Å². The van der Waals surface area contributed by atoms with Crippen molar-refractivity contribution in [3.05, 3.63) is 0 Å². The third-order valence-electron chi connectivity index (χ3n) is 5.33. The number of nitrogens with one attached hydrogen (secondary N) is 1. The van der Waals surface area contributed by atoms with Crippen LogP contribution in [0.25, 0.3) is 0 Å². The van der Waals surface area contributed by atoms with Crippen molar-refractivity contribution in [2.45, 2.75) is 63.8 Å². The van der Waals surface area contributed by atoms with Crippen LogP contribution in [0.2, 0.25) is 0 Å². The lowest BCUT2D eigenvalue weighted by atomic mass is 10.1. The molecule has 5 atom stereocenters. The number of aliphatic hydroxyl groups is 2. The van der Waals surface area contributed by atoms with Crippen molar-refractivity contribution in [3.8, 4) is 0 Å². The number of likely N-dealkylation sites (tertiary alicyclic amines) is 2. The van der Waals surface area contributed by atoms with E-state index in [1.165, 1.54) is 16.7 Å². The summed E-state index contributed by atoms with van der Waals surface area (Å²) in [5, 5.41) is 21.2. The van der Waals surface area contributed by atoms with E-state index in [9.17, 15) is 29.4 Å². The Morgan fingerprint density at radius 2 is 1.70 bits per heavy atom. The van der Waals surface area contributed by atoms with Crippen LogP contribution < -0.4 is 5.32 Å². The number of hydrogen-bond acceptors (Lipinski definition) is 6. The number of rotatable bonds is 7. The number of carbonyl (C=O) groups excluding carboxylic acids is 4. The Balaban J connectivity index is 2.09. The van der Waals surface area contributed by atoms with E-state index in [2.05, 4.69) is 5.32 Å². The van der Waals surface area contributed by atoms with Crippen LogP contribution in [0.5, 0.6) is 0 Å². The molecule has 0 aromatic carbocycles. The van der Waals surface area contributed by atoms with Gasteiger partial charge in [0.25, 0.3) is 0 Å². The van der Waals surface area contributed by atoms with Gasteiger partial charge in [-0.05, 0) is 32.6 Å². The number of hydrogen-bond donors (Lipinski definition) is 3. The minimum absolute atomic E-state index is 0.260. The van der Waals surface area contributed by atoms with Crippen LogP contribution in [0.4, 0.5) is 0 Å². The summed E-state index contributed by atoms with van der Waals surface area (Å²) in [4.78, 5) is 52.0. The molecule has 3 amide bonds. The zero-order valence-electron chi connectivity index (χ0n) is 15.8. The van der Waals surface area contributed by atoms with E-state index in [0.29, 0.717) is 45.1 Å². The van der Waals surface area contributed by atoms with Crippen molar-refractivity contribution >= 4 is 24.0 Å². The molecule has 0 unspecified atom stereocenters. The average molecular weight is 383 g/mol. The maximum Gasteiger partial charge on any atom is 0.246 e. The number of aliphatic hydroxyl groups excluding tert-OH is 2. The summed E-state index contributed by atoms with van der Waals surface area (Å²) in [5.74, 6) is -1.58. The van der Waals surface area contributed by atoms with E-state index in [1.54, 1.807) is 6.92 Å².